The molecule has 0 aromatic carbocycles. The molecule has 0 aromatic heterocycles. The van der Waals surface area contributed by atoms with Gasteiger partial charge < -0.3 is 10.1 Å². The molecule has 33 heavy (non-hydrogen) atoms. The van der Waals surface area contributed by atoms with Crippen LogP contribution in [0.1, 0.15) is 73.1 Å². The number of allylic oxidation sites excluding steroid dienone is 4. The zero-order chi connectivity index (χ0) is 24.1. The Labute approximate surface area is 196 Å². The number of Topliss-reactive ketones (excluding diaryl/α,β-unsaturated/α-hetero) is 1. The molecular formula is C27H37NO5. The topological polar surface area (TPSA) is 89.5 Å². The molecule has 0 aliphatic heterocycles. The number of nitrogens with one attached hydrogen (secondary N) is 1. The van der Waals surface area contributed by atoms with Crippen LogP contribution >= 0.6 is 0 Å². The molecule has 4 aliphatic rings. The molecule has 3 saturated carbocycles. The first-order valence-corrected chi connectivity index (χ1v) is 12.4. The van der Waals surface area contributed by atoms with E-state index in [1.54, 1.807) is 6.08 Å². The standard InChI is InChI=1S/C27H37NO5/c1-6-22(28-24(32)14-33-16(3)29)20-13-23(31)26(4)10-9-21-19(25(20)26)8-7-17-12-18(30)11-15(2)27(17,21)5/h11-12,19-22,25H,6-10,13-14H2,1-5H3,(H,28,32)/t19-,20-,21+,22-,25-,26-,27+/m1/s1. The van der Waals surface area contributed by atoms with E-state index in [0.717, 1.165) is 37.7 Å². The first kappa shape index (κ1) is 23.9. The fourth-order valence-corrected chi connectivity index (χ4v) is 7.83. The van der Waals surface area contributed by atoms with Crippen LogP contribution in [0.25, 0.3) is 0 Å². The van der Waals surface area contributed by atoms with Crippen molar-refractivity contribution in [2.75, 3.05) is 6.61 Å². The van der Waals surface area contributed by atoms with Gasteiger partial charge in [-0.15, -0.1) is 0 Å². The van der Waals surface area contributed by atoms with E-state index in [1.807, 2.05) is 13.0 Å². The highest BCUT2D eigenvalue weighted by Gasteiger charge is 2.63. The van der Waals surface area contributed by atoms with Gasteiger partial charge in [0.05, 0.1) is 0 Å². The van der Waals surface area contributed by atoms with Crippen LogP contribution in [-0.2, 0) is 23.9 Å². The van der Waals surface area contributed by atoms with Crippen LogP contribution < -0.4 is 5.32 Å². The summed E-state index contributed by atoms with van der Waals surface area (Å²) in [7, 11) is 0. The van der Waals surface area contributed by atoms with Gasteiger partial charge >= 0.3 is 5.97 Å². The number of carbonyl (C=O) groups excluding carboxylic acids is 4. The van der Waals surface area contributed by atoms with E-state index in [2.05, 4.69) is 26.1 Å². The average Bonchev–Trinajstić information content (AvgIpc) is 3.02. The summed E-state index contributed by atoms with van der Waals surface area (Å²) in [5.41, 5.74) is 1.90. The minimum absolute atomic E-state index is 0.0743. The van der Waals surface area contributed by atoms with Gasteiger partial charge in [-0.1, -0.05) is 31.9 Å². The molecule has 0 aromatic rings. The molecule has 0 bridgehead atoms. The highest BCUT2D eigenvalue weighted by Crippen LogP contribution is 2.66. The van der Waals surface area contributed by atoms with Crippen molar-refractivity contribution in [3.05, 3.63) is 23.3 Å². The molecule has 0 spiro atoms. The Morgan fingerprint density at radius 2 is 1.94 bits per heavy atom. The Morgan fingerprint density at radius 3 is 2.61 bits per heavy atom. The number of carbonyl (C=O) groups is 4. The number of rotatable bonds is 5. The van der Waals surface area contributed by atoms with Gasteiger partial charge in [-0.25, -0.2) is 0 Å². The normalized spacial score (nSPS) is 38.3. The van der Waals surface area contributed by atoms with E-state index < -0.39 is 5.97 Å². The van der Waals surface area contributed by atoms with Crippen LogP contribution in [0, 0.1) is 34.5 Å². The van der Waals surface area contributed by atoms with Crippen LogP contribution in [0.5, 0.6) is 0 Å². The molecule has 1 amide bonds. The van der Waals surface area contributed by atoms with Crippen LogP contribution in [0.3, 0.4) is 0 Å². The summed E-state index contributed by atoms with van der Waals surface area (Å²) in [5.74, 6) is 0.662. The molecule has 0 saturated heterocycles. The fourth-order valence-electron chi connectivity index (χ4n) is 7.83. The largest absolute Gasteiger partial charge is 0.456 e. The van der Waals surface area contributed by atoms with Gasteiger partial charge in [0.15, 0.2) is 12.4 Å². The average molecular weight is 456 g/mol. The maximum Gasteiger partial charge on any atom is 0.303 e. The monoisotopic (exact) mass is 455 g/mol. The van der Waals surface area contributed by atoms with E-state index in [4.69, 9.17) is 4.74 Å². The van der Waals surface area contributed by atoms with Gasteiger partial charge in [-0.3, -0.25) is 19.2 Å². The van der Waals surface area contributed by atoms with E-state index in [-0.39, 0.29) is 47.0 Å². The zero-order valence-corrected chi connectivity index (χ0v) is 20.5. The van der Waals surface area contributed by atoms with Crippen molar-refractivity contribution in [1.82, 2.24) is 5.32 Å². The molecule has 6 nitrogen and oxygen atoms in total. The molecule has 0 unspecified atom stereocenters. The Kier molecular flexibility index (Phi) is 6.17. The molecular weight excluding hydrogens is 418 g/mol. The van der Waals surface area contributed by atoms with Crippen LogP contribution in [0.4, 0.5) is 0 Å². The summed E-state index contributed by atoms with van der Waals surface area (Å²) in [6, 6.07) is -0.128. The first-order chi connectivity index (χ1) is 15.5. The van der Waals surface area contributed by atoms with E-state index in [0.29, 0.717) is 24.0 Å². The molecule has 3 fully saturated rings. The maximum absolute atomic E-state index is 13.4. The molecule has 4 aliphatic carbocycles. The lowest BCUT2D eigenvalue weighted by molar-refractivity contribution is -0.146. The Hall–Kier alpha value is -2.24. The van der Waals surface area contributed by atoms with Crippen LogP contribution in [0.15, 0.2) is 23.3 Å². The summed E-state index contributed by atoms with van der Waals surface area (Å²) in [5, 5.41) is 3.07. The first-order valence-electron chi connectivity index (χ1n) is 12.4. The van der Waals surface area contributed by atoms with Gasteiger partial charge in [0.2, 0.25) is 0 Å². The molecule has 0 heterocycles. The third kappa shape index (κ3) is 3.79. The summed E-state index contributed by atoms with van der Waals surface area (Å²) >= 11 is 0. The molecule has 1 N–H and O–H groups in total. The maximum atomic E-state index is 13.4. The lowest BCUT2D eigenvalue weighted by atomic mass is 9.46. The number of ether oxygens (including phenoxy) is 1. The highest BCUT2D eigenvalue weighted by molar-refractivity contribution is 6.02. The number of esters is 1. The van der Waals surface area contributed by atoms with Gasteiger partial charge in [-0.2, -0.15) is 0 Å². The van der Waals surface area contributed by atoms with Gasteiger partial charge in [-0.05, 0) is 74.9 Å². The number of amides is 1. The van der Waals surface area contributed by atoms with E-state index >= 15 is 0 Å². The minimum atomic E-state index is -0.481. The zero-order valence-electron chi connectivity index (χ0n) is 20.5. The van der Waals surface area contributed by atoms with Crippen LogP contribution in [-0.4, -0.2) is 36.1 Å². The lowest BCUT2D eigenvalue weighted by Gasteiger charge is -2.58. The lowest BCUT2D eigenvalue weighted by Crippen LogP contribution is -2.54. The Morgan fingerprint density at radius 1 is 1.21 bits per heavy atom. The van der Waals surface area contributed by atoms with E-state index in [1.165, 1.54) is 12.5 Å². The quantitative estimate of drug-likeness (QED) is 0.634. The number of hydrogen-bond acceptors (Lipinski definition) is 5. The number of fused-ring (bicyclic) bond motifs is 5. The highest BCUT2D eigenvalue weighted by atomic mass is 16.5. The molecule has 4 rings (SSSR count). The SMILES string of the molecule is CC[C@@H](NC(=O)COC(C)=O)[C@H]1CC(=O)[C@@]2(C)CC[C@H]3[C@@H](CCC4=CC(=O)C=C(C)[C@@]43C)[C@H]12. The number of hydrogen-bond donors (Lipinski definition) is 1. The molecule has 180 valence electrons. The van der Waals surface area contributed by atoms with Crippen molar-refractivity contribution in [1.29, 1.82) is 0 Å². The van der Waals surface area contributed by atoms with Crippen molar-refractivity contribution < 1.29 is 23.9 Å². The van der Waals surface area contributed by atoms with Gasteiger partial charge in [0.1, 0.15) is 5.78 Å². The van der Waals surface area contributed by atoms with Gasteiger partial charge in [0, 0.05) is 30.2 Å². The van der Waals surface area contributed by atoms with Gasteiger partial charge in [0.25, 0.3) is 5.91 Å². The second-order valence-corrected chi connectivity index (χ2v) is 11.0. The predicted molar refractivity (Wildman–Crippen MR) is 124 cm³/mol. The summed E-state index contributed by atoms with van der Waals surface area (Å²) in [6.07, 6.45) is 8.56. The molecule has 0 radical (unpaired) electrons. The predicted octanol–water partition coefficient (Wildman–Crippen LogP) is 3.94. The number of ketones is 2. The second-order valence-electron chi connectivity index (χ2n) is 11.0. The van der Waals surface area contributed by atoms with E-state index in [9.17, 15) is 19.2 Å². The summed E-state index contributed by atoms with van der Waals surface area (Å²) < 4.78 is 4.88. The van der Waals surface area contributed by atoms with Crippen molar-refractivity contribution in [2.45, 2.75) is 79.2 Å². The van der Waals surface area contributed by atoms with Crippen molar-refractivity contribution in [3.63, 3.8) is 0 Å². The van der Waals surface area contributed by atoms with Crippen LogP contribution in [0.2, 0.25) is 0 Å². The van der Waals surface area contributed by atoms with Crippen molar-refractivity contribution >= 4 is 23.4 Å². The smallest absolute Gasteiger partial charge is 0.303 e. The van der Waals surface area contributed by atoms with Crippen molar-refractivity contribution in [3.8, 4) is 0 Å². The fraction of sp³-hybridized carbons (Fsp3) is 0.704. The summed E-state index contributed by atoms with van der Waals surface area (Å²) in [6.45, 7) is 9.56. The Bertz CT molecular complexity index is 948. The third-order valence-corrected chi connectivity index (χ3v) is 9.57. The molecule has 7 atom stereocenters. The summed E-state index contributed by atoms with van der Waals surface area (Å²) in [4.78, 5) is 49.1. The third-order valence-electron chi connectivity index (χ3n) is 9.57. The second kappa shape index (κ2) is 8.52. The molecule has 6 heteroatoms. The minimum Gasteiger partial charge on any atom is -0.456 e. The Balaban J connectivity index is 1.64. The van der Waals surface area contributed by atoms with Crippen molar-refractivity contribution in [2.24, 2.45) is 34.5 Å².